The summed E-state index contributed by atoms with van der Waals surface area (Å²) in [6.45, 7) is 7.02. The van der Waals surface area contributed by atoms with E-state index in [1.54, 1.807) is 12.1 Å². The van der Waals surface area contributed by atoms with Crippen molar-refractivity contribution in [2.24, 2.45) is 5.14 Å². The van der Waals surface area contributed by atoms with Gasteiger partial charge in [-0.05, 0) is 57.5 Å². The van der Waals surface area contributed by atoms with Gasteiger partial charge in [0.15, 0.2) is 6.61 Å². The molecule has 0 aliphatic rings. The number of para-hydroxylation sites is 1. The summed E-state index contributed by atoms with van der Waals surface area (Å²) in [4.78, 5) is 12.1. The largest absolute Gasteiger partial charge is 0.483 e. The summed E-state index contributed by atoms with van der Waals surface area (Å²) in [6, 6.07) is 14.1. The zero-order chi connectivity index (χ0) is 21.5. The van der Waals surface area contributed by atoms with E-state index in [1.165, 1.54) is 12.1 Å². The van der Waals surface area contributed by atoms with Gasteiger partial charge >= 0.3 is 0 Å². The molecule has 7 nitrogen and oxygen atoms in total. The van der Waals surface area contributed by atoms with Crippen LogP contribution in [0.5, 0.6) is 5.75 Å². The molecule has 2 rings (SSSR count). The Hall–Kier alpha value is -2.13. The SMILES string of the molecule is CC(C)(C)NC(=O)COc1ccccc1CNCCc1ccc(S(N)(=O)=O)cc1.Cl. The summed E-state index contributed by atoms with van der Waals surface area (Å²) in [5.41, 5.74) is 1.67. The Balaban J connectivity index is 0.00000450. The van der Waals surface area contributed by atoms with Crippen LogP contribution in [0.4, 0.5) is 0 Å². The number of hydrogen-bond donors (Lipinski definition) is 3. The Kier molecular flexibility index (Phi) is 9.77. The fourth-order valence-electron chi connectivity index (χ4n) is 2.69. The van der Waals surface area contributed by atoms with E-state index in [0.29, 0.717) is 18.8 Å². The van der Waals surface area contributed by atoms with Gasteiger partial charge in [0.25, 0.3) is 5.91 Å². The van der Waals surface area contributed by atoms with Gasteiger partial charge in [0.05, 0.1) is 4.90 Å². The topological polar surface area (TPSA) is 111 Å². The number of benzene rings is 2. The molecule has 0 unspecified atom stereocenters. The van der Waals surface area contributed by atoms with Crippen LogP contribution in [0.1, 0.15) is 31.9 Å². The highest BCUT2D eigenvalue weighted by molar-refractivity contribution is 7.89. The molecule has 0 fully saturated rings. The molecule has 0 spiro atoms. The van der Waals surface area contributed by atoms with E-state index in [2.05, 4.69) is 10.6 Å². The Morgan fingerprint density at radius 1 is 1.07 bits per heavy atom. The van der Waals surface area contributed by atoms with E-state index >= 15 is 0 Å². The average Bonchev–Trinajstić information content (AvgIpc) is 2.62. The van der Waals surface area contributed by atoms with Crippen molar-refractivity contribution in [2.45, 2.75) is 44.2 Å². The molecule has 0 saturated heterocycles. The predicted octanol–water partition coefficient (Wildman–Crippen LogP) is 2.38. The first kappa shape index (κ1) is 25.9. The Morgan fingerprint density at radius 2 is 1.70 bits per heavy atom. The number of carbonyl (C=O) groups excluding carboxylic acids is 1. The number of ether oxygens (including phenoxy) is 1. The van der Waals surface area contributed by atoms with Gasteiger partial charge in [0.1, 0.15) is 5.75 Å². The minimum Gasteiger partial charge on any atom is -0.483 e. The molecule has 0 saturated carbocycles. The summed E-state index contributed by atoms with van der Waals surface area (Å²) >= 11 is 0. The van der Waals surface area contributed by atoms with Gasteiger partial charge in [-0.3, -0.25) is 4.79 Å². The maximum absolute atomic E-state index is 11.9. The molecule has 1 amide bonds. The van der Waals surface area contributed by atoms with Gasteiger partial charge in [0.2, 0.25) is 10.0 Å². The minimum absolute atomic E-state index is 0. The standard InChI is InChI=1S/C21H29N3O4S.ClH/c1-21(2,3)24-20(25)15-28-19-7-5-4-6-17(19)14-23-13-12-16-8-10-18(11-9-16)29(22,26)27;/h4-11,23H,12-15H2,1-3H3,(H,24,25)(H2,22,26,27);1H. The molecule has 0 bridgehead atoms. The van der Waals surface area contributed by atoms with E-state index in [1.807, 2.05) is 45.0 Å². The molecule has 166 valence electrons. The first-order valence-corrected chi connectivity index (χ1v) is 10.9. The van der Waals surface area contributed by atoms with Crippen molar-refractivity contribution in [3.05, 3.63) is 59.7 Å². The fraction of sp³-hybridized carbons (Fsp3) is 0.381. The zero-order valence-corrected chi connectivity index (χ0v) is 19.1. The van der Waals surface area contributed by atoms with Crippen LogP contribution in [0.25, 0.3) is 0 Å². The molecule has 0 aliphatic heterocycles. The second-order valence-corrected chi connectivity index (χ2v) is 9.37. The van der Waals surface area contributed by atoms with Gasteiger partial charge in [-0.2, -0.15) is 0 Å². The van der Waals surface area contributed by atoms with Crippen molar-refractivity contribution in [1.29, 1.82) is 0 Å². The van der Waals surface area contributed by atoms with Crippen LogP contribution in [-0.2, 0) is 27.8 Å². The number of carbonyl (C=O) groups is 1. The highest BCUT2D eigenvalue weighted by Crippen LogP contribution is 2.18. The van der Waals surface area contributed by atoms with Crippen molar-refractivity contribution < 1.29 is 17.9 Å². The maximum atomic E-state index is 11.9. The number of primary sulfonamides is 1. The van der Waals surface area contributed by atoms with E-state index < -0.39 is 10.0 Å². The molecular formula is C21H30ClN3O4S. The molecule has 9 heteroatoms. The second-order valence-electron chi connectivity index (χ2n) is 7.81. The van der Waals surface area contributed by atoms with Gasteiger partial charge in [0, 0.05) is 17.6 Å². The maximum Gasteiger partial charge on any atom is 0.258 e. The first-order valence-electron chi connectivity index (χ1n) is 9.39. The lowest BCUT2D eigenvalue weighted by Gasteiger charge is -2.20. The van der Waals surface area contributed by atoms with Gasteiger partial charge in [-0.1, -0.05) is 30.3 Å². The lowest BCUT2D eigenvalue weighted by molar-refractivity contribution is -0.124. The van der Waals surface area contributed by atoms with E-state index in [-0.39, 0.29) is 35.4 Å². The average molecular weight is 456 g/mol. The van der Waals surface area contributed by atoms with Crippen LogP contribution < -0.4 is 20.5 Å². The van der Waals surface area contributed by atoms with E-state index in [4.69, 9.17) is 9.88 Å². The van der Waals surface area contributed by atoms with Crippen LogP contribution in [-0.4, -0.2) is 33.0 Å². The number of halogens is 1. The lowest BCUT2D eigenvalue weighted by atomic mass is 10.1. The molecule has 2 aromatic carbocycles. The lowest BCUT2D eigenvalue weighted by Crippen LogP contribution is -2.43. The normalized spacial score (nSPS) is 11.5. The number of nitrogens with two attached hydrogens (primary N) is 1. The summed E-state index contributed by atoms with van der Waals surface area (Å²) in [6.07, 6.45) is 0.738. The molecule has 0 radical (unpaired) electrons. The van der Waals surface area contributed by atoms with E-state index in [0.717, 1.165) is 17.5 Å². The van der Waals surface area contributed by atoms with Crippen molar-refractivity contribution in [3.63, 3.8) is 0 Å². The summed E-state index contributed by atoms with van der Waals surface area (Å²) < 4.78 is 28.3. The molecule has 0 aromatic heterocycles. The predicted molar refractivity (Wildman–Crippen MR) is 120 cm³/mol. The third-order valence-electron chi connectivity index (χ3n) is 4.00. The van der Waals surface area contributed by atoms with Crippen LogP contribution in [0.2, 0.25) is 0 Å². The minimum atomic E-state index is -3.67. The molecule has 0 atom stereocenters. The summed E-state index contributed by atoms with van der Waals surface area (Å²) in [5, 5.41) is 11.3. The first-order chi connectivity index (χ1) is 13.5. The van der Waals surface area contributed by atoms with E-state index in [9.17, 15) is 13.2 Å². The molecule has 2 aromatic rings. The van der Waals surface area contributed by atoms with Crippen LogP contribution in [0.15, 0.2) is 53.4 Å². The number of hydrogen-bond acceptors (Lipinski definition) is 5. The highest BCUT2D eigenvalue weighted by atomic mass is 35.5. The smallest absolute Gasteiger partial charge is 0.258 e. The third-order valence-corrected chi connectivity index (χ3v) is 4.93. The fourth-order valence-corrected chi connectivity index (χ4v) is 3.21. The Labute approximate surface area is 184 Å². The molecular weight excluding hydrogens is 426 g/mol. The van der Waals surface area contributed by atoms with Crippen molar-refractivity contribution >= 4 is 28.3 Å². The van der Waals surface area contributed by atoms with Crippen LogP contribution >= 0.6 is 12.4 Å². The highest BCUT2D eigenvalue weighted by Gasteiger charge is 2.14. The molecule has 30 heavy (non-hydrogen) atoms. The number of rotatable bonds is 9. The second kappa shape index (κ2) is 11.3. The molecule has 0 heterocycles. The molecule has 4 N–H and O–H groups in total. The van der Waals surface area contributed by atoms with Gasteiger partial charge in [-0.25, -0.2) is 13.6 Å². The quantitative estimate of drug-likeness (QED) is 0.503. The zero-order valence-electron chi connectivity index (χ0n) is 17.5. The number of amides is 1. The molecule has 0 aliphatic carbocycles. The summed E-state index contributed by atoms with van der Waals surface area (Å²) in [5.74, 6) is 0.504. The van der Waals surface area contributed by atoms with Gasteiger partial charge in [-0.15, -0.1) is 12.4 Å². The van der Waals surface area contributed by atoms with Crippen molar-refractivity contribution in [3.8, 4) is 5.75 Å². The monoisotopic (exact) mass is 455 g/mol. The number of nitrogens with one attached hydrogen (secondary N) is 2. The van der Waals surface area contributed by atoms with Crippen molar-refractivity contribution in [1.82, 2.24) is 10.6 Å². The summed E-state index contributed by atoms with van der Waals surface area (Å²) in [7, 11) is -3.67. The Morgan fingerprint density at radius 3 is 2.30 bits per heavy atom. The van der Waals surface area contributed by atoms with Crippen LogP contribution in [0.3, 0.4) is 0 Å². The Bertz CT molecular complexity index is 926. The van der Waals surface area contributed by atoms with Crippen LogP contribution in [0, 0.1) is 0 Å². The van der Waals surface area contributed by atoms with Crippen molar-refractivity contribution in [2.75, 3.05) is 13.2 Å². The number of sulfonamides is 1. The van der Waals surface area contributed by atoms with Gasteiger partial charge < -0.3 is 15.4 Å². The third kappa shape index (κ3) is 9.13.